The van der Waals surface area contributed by atoms with Gasteiger partial charge in [-0.25, -0.2) is 4.39 Å². The van der Waals surface area contributed by atoms with Gasteiger partial charge in [0.25, 0.3) is 0 Å². The Labute approximate surface area is 115 Å². The monoisotopic (exact) mass is 308 g/mol. The zero-order chi connectivity index (χ0) is 13.1. The second-order valence-corrected chi connectivity index (χ2v) is 5.05. The van der Waals surface area contributed by atoms with Crippen LogP contribution in [0.3, 0.4) is 0 Å². The number of ether oxygens (including phenoxy) is 1. The first kappa shape index (κ1) is 13.1. The highest BCUT2D eigenvalue weighted by molar-refractivity contribution is 9.09. The molecule has 0 saturated heterocycles. The summed E-state index contributed by atoms with van der Waals surface area (Å²) in [6.45, 7) is 2.00. The molecule has 94 valence electrons. The lowest BCUT2D eigenvalue weighted by molar-refractivity contribution is 0.410. The normalized spacial score (nSPS) is 12.2. The largest absolute Gasteiger partial charge is 0.496 e. The number of methoxy groups -OCH3 is 1. The average Bonchev–Trinajstić information content (AvgIpc) is 2.38. The predicted octanol–water partition coefficient (Wildman–Crippen LogP) is 4.63. The molecule has 2 aromatic carbocycles. The molecule has 0 radical (unpaired) electrons. The molecule has 18 heavy (non-hydrogen) atoms. The van der Waals surface area contributed by atoms with Crippen LogP contribution in [-0.2, 0) is 0 Å². The number of hydrogen-bond donors (Lipinski definition) is 0. The van der Waals surface area contributed by atoms with Crippen LogP contribution in [0, 0.1) is 12.7 Å². The maximum Gasteiger partial charge on any atom is 0.127 e. The van der Waals surface area contributed by atoms with Gasteiger partial charge in [-0.15, -0.1) is 0 Å². The molecule has 0 aromatic heterocycles. The van der Waals surface area contributed by atoms with E-state index in [4.69, 9.17) is 4.74 Å². The molecule has 0 bridgehead atoms. The molecular formula is C15H14BrFO. The Kier molecular flexibility index (Phi) is 4.02. The lowest BCUT2D eigenvalue weighted by Crippen LogP contribution is -2.00. The molecule has 3 heteroatoms. The molecule has 0 N–H and O–H groups in total. The summed E-state index contributed by atoms with van der Waals surface area (Å²) < 4.78 is 19.1. The Balaban J connectivity index is 2.48. The van der Waals surface area contributed by atoms with Crippen LogP contribution in [-0.4, -0.2) is 7.11 Å². The van der Waals surface area contributed by atoms with E-state index in [1.54, 1.807) is 19.2 Å². The quantitative estimate of drug-likeness (QED) is 0.751. The molecule has 1 nitrogen and oxygen atoms in total. The summed E-state index contributed by atoms with van der Waals surface area (Å²) >= 11 is 3.55. The van der Waals surface area contributed by atoms with E-state index in [1.807, 2.05) is 31.2 Å². The number of benzene rings is 2. The zero-order valence-electron chi connectivity index (χ0n) is 10.3. The Morgan fingerprint density at radius 2 is 1.83 bits per heavy atom. The second kappa shape index (κ2) is 5.53. The van der Waals surface area contributed by atoms with Crippen LogP contribution in [0.5, 0.6) is 5.75 Å². The molecule has 1 atom stereocenters. The van der Waals surface area contributed by atoms with Gasteiger partial charge in [-0.1, -0.05) is 51.8 Å². The van der Waals surface area contributed by atoms with Crippen LogP contribution in [0.2, 0.25) is 0 Å². The Bertz CT molecular complexity index is 554. The van der Waals surface area contributed by atoms with E-state index >= 15 is 0 Å². The van der Waals surface area contributed by atoms with Crippen molar-refractivity contribution in [2.24, 2.45) is 0 Å². The summed E-state index contributed by atoms with van der Waals surface area (Å²) in [6.07, 6.45) is 0. The minimum absolute atomic E-state index is 0.214. The third-order valence-corrected chi connectivity index (χ3v) is 3.82. The van der Waals surface area contributed by atoms with Crippen molar-refractivity contribution in [1.82, 2.24) is 0 Å². The summed E-state index contributed by atoms with van der Waals surface area (Å²) in [7, 11) is 1.62. The van der Waals surface area contributed by atoms with Gasteiger partial charge in [-0.2, -0.15) is 0 Å². The topological polar surface area (TPSA) is 9.23 Å². The number of rotatable bonds is 3. The van der Waals surface area contributed by atoms with Crippen LogP contribution in [0.15, 0.2) is 42.5 Å². The summed E-state index contributed by atoms with van der Waals surface area (Å²) in [5, 5.41) is 0. The maximum absolute atomic E-state index is 13.8. The average molecular weight is 309 g/mol. The lowest BCUT2D eigenvalue weighted by Gasteiger charge is -2.16. The second-order valence-electron chi connectivity index (χ2n) is 4.13. The molecule has 1 unspecified atom stereocenters. The molecule has 0 saturated carbocycles. The first-order valence-electron chi connectivity index (χ1n) is 5.66. The van der Waals surface area contributed by atoms with E-state index in [0.717, 1.165) is 16.9 Å². The first-order chi connectivity index (χ1) is 8.63. The Morgan fingerprint density at radius 3 is 2.50 bits per heavy atom. The van der Waals surface area contributed by atoms with Gasteiger partial charge in [0.05, 0.1) is 11.9 Å². The van der Waals surface area contributed by atoms with Crippen molar-refractivity contribution in [2.45, 2.75) is 11.8 Å². The summed E-state index contributed by atoms with van der Waals surface area (Å²) in [5.41, 5.74) is 2.66. The van der Waals surface area contributed by atoms with E-state index in [-0.39, 0.29) is 10.6 Å². The molecule has 2 rings (SSSR count). The van der Waals surface area contributed by atoms with Crippen LogP contribution >= 0.6 is 15.9 Å². The Hall–Kier alpha value is -1.35. The number of halogens is 2. The van der Waals surface area contributed by atoms with Gasteiger partial charge in [0.2, 0.25) is 0 Å². The molecule has 0 aliphatic rings. The fourth-order valence-corrected chi connectivity index (χ4v) is 2.63. The van der Waals surface area contributed by atoms with E-state index in [1.165, 1.54) is 6.07 Å². The molecular weight excluding hydrogens is 295 g/mol. The molecule has 0 heterocycles. The molecule has 0 aliphatic heterocycles. The third kappa shape index (κ3) is 2.56. The maximum atomic E-state index is 13.8. The van der Waals surface area contributed by atoms with E-state index < -0.39 is 0 Å². The molecule has 0 spiro atoms. The Morgan fingerprint density at radius 1 is 1.11 bits per heavy atom. The van der Waals surface area contributed by atoms with Crippen molar-refractivity contribution in [1.29, 1.82) is 0 Å². The smallest absolute Gasteiger partial charge is 0.127 e. The fraction of sp³-hybridized carbons (Fsp3) is 0.200. The van der Waals surface area contributed by atoms with E-state index in [9.17, 15) is 4.39 Å². The highest BCUT2D eigenvalue weighted by Crippen LogP contribution is 2.37. The van der Waals surface area contributed by atoms with Crippen molar-refractivity contribution >= 4 is 15.9 Å². The molecule has 0 aliphatic carbocycles. The molecule has 0 amide bonds. The lowest BCUT2D eigenvalue weighted by atomic mass is 10.0. The minimum atomic E-state index is -0.220. The van der Waals surface area contributed by atoms with Gasteiger partial charge in [-0.05, 0) is 19.1 Å². The van der Waals surface area contributed by atoms with E-state index in [0.29, 0.717) is 5.56 Å². The first-order valence-corrected chi connectivity index (χ1v) is 6.58. The summed E-state index contributed by atoms with van der Waals surface area (Å²) in [5.74, 6) is 0.536. The van der Waals surface area contributed by atoms with Gasteiger partial charge in [0, 0.05) is 11.1 Å². The molecule has 0 fully saturated rings. The van der Waals surface area contributed by atoms with Crippen molar-refractivity contribution in [3.05, 3.63) is 65.0 Å². The summed E-state index contributed by atoms with van der Waals surface area (Å²) in [4.78, 5) is -0.214. The zero-order valence-corrected chi connectivity index (χ0v) is 11.9. The van der Waals surface area contributed by atoms with Gasteiger partial charge >= 0.3 is 0 Å². The fourth-order valence-electron chi connectivity index (χ4n) is 1.90. The van der Waals surface area contributed by atoms with Gasteiger partial charge in [0.1, 0.15) is 11.6 Å². The van der Waals surface area contributed by atoms with Crippen LogP contribution in [0.1, 0.15) is 21.5 Å². The van der Waals surface area contributed by atoms with Gasteiger partial charge in [0.15, 0.2) is 0 Å². The van der Waals surface area contributed by atoms with Crippen molar-refractivity contribution in [3.8, 4) is 5.75 Å². The van der Waals surface area contributed by atoms with Gasteiger partial charge < -0.3 is 4.74 Å². The number of aryl methyl sites for hydroxylation is 1. The number of alkyl halides is 1. The summed E-state index contributed by atoms with van der Waals surface area (Å²) in [6, 6.07) is 12.6. The van der Waals surface area contributed by atoms with Crippen LogP contribution in [0.25, 0.3) is 0 Å². The highest BCUT2D eigenvalue weighted by Gasteiger charge is 2.18. The highest BCUT2D eigenvalue weighted by atomic mass is 79.9. The third-order valence-electron chi connectivity index (χ3n) is 2.84. The minimum Gasteiger partial charge on any atom is -0.496 e. The standard InChI is InChI=1S/C15H14BrFO/c1-10-7-8-14(18-2)12(9-10)15(16)11-5-3-4-6-13(11)17/h3-9,15H,1-2H3. The van der Waals surface area contributed by atoms with Crippen LogP contribution in [0.4, 0.5) is 4.39 Å². The number of hydrogen-bond acceptors (Lipinski definition) is 1. The van der Waals surface area contributed by atoms with Crippen LogP contribution < -0.4 is 4.74 Å². The van der Waals surface area contributed by atoms with Crippen molar-refractivity contribution < 1.29 is 9.13 Å². The SMILES string of the molecule is COc1ccc(C)cc1C(Br)c1ccccc1F. The van der Waals surface area contributed by atoms with Crippen molar-refractivity contribution in [2.75, 3.05) is 7.11 Å². The van der Waals surface area contributed by atoms with E-state index in [2.05, 4.69) is 15.9 Å². The van der Waals surface area contributed by atoms with Gasteiger partial charge in [-0.3, -0.25) is 0 Å². The van der Waals surface area contributed by atoms with Crippen molar-refractivity contribution in [3.63, 3.8) is 0 Å². The predicted molar refractivity (Wildman–Crippen MR) is 74.9 cm³/mol. The molecule has 2 aromatic rings.